The van der Waals surface area contributed by atoms with Gasteiger partial charge < -0.3 is 20.7 Å². The summed E-state index contributed by atoms with van der Waals surface area (Å²) in [5.41, 5.74) is 0.0786. The number of rotatable bonds is 10. The van der Waals surface area contributed by atoms with E-state index in [0.717, 1.165) is 6.07 Å². The van der Waals surface area contributed by atoms with Crippen LogP contribution in [0.25, 0.3) is 0 Å². The molecule has 0 fully saturated rings. The van der Waals surface area contributed by atoms with Crippen molar-refractivity contribution in [3.63, 3.8) is 0 Å². The van der Waals surface area contributed by atoms with Gasteiger partial charge in [0.25, 0.3) is 17.5 Å². The molecule has 0 bridgehead atoms. The molecule has 0 aliphatic rings. The van der Waals surface area contributed by atoms with E-state index in [1.165, 1.54) is 12.1 Å². The van der Waals surface area contributed by atoms with E-state index in [4.69, 9.17) is 16.3 Å². The van der Waals surface area contributed by atoms with Gasteiger partial charge in [-0.1, -0.05) is 25.4 Å². The number of carbonyl (C=O) groups excluding carboxylic acids is 3. The Morgan fingerprint density at radius 1 is 1.12 bits per heavy atom. The van der Waals surface area contributed by atoms with Crippen LogP contribution in [-0.4, -0.2) is 41.8 Å². The number of hydrogen-bond acceptors (Lipinski definition) is 6. The fraction of sp³-hybridized carbons (Fsp3) is 0.318. The predicted octanol–water partition coefficient (Wildman–Crippen LogP) is 3.16. The summed E-state index contributed by atoms with van der Waals surface area (Å²) in [6.07, 6.45) is 0. The van der Waals surface area contributed by atoms with E-state index in [2.05, 4.69) is 16.0 Å². The molecule has 1 atom stereocenters. The van der Waals surface area contributed by atoms with E-state index in [-0.39, 0.29) is 29.0 Å². The van der Waals surface area contributed by atoms with Crippen LogP contribution < -0.4 is 20.7 Å². The minimum absolute atomic E-state index is 0.0122. The summed E-state index contributed by atoms with van der Waals surface area (Å²) in [7, 11) is 0. The molecule has 3 amide bonds. The number of nitro groups is 1. The molecular weight excluding hydrogens is 452 g/mol. The molecule has 0 aliphatic carbocycles. The number of hydrogen-bond donors (Lipinski definition) is 3. The third-order valence-corrected chi connectivity index (χ3v) is 4.83. The van der Waals surface area contributed by atoms with E-state index in [1.54, 1.807) is 38.1 Å². The number of amides is 3. The second-order valence-electron chi connectivity index (χ2n) is 7.37. The van der Waals surface area contributed by atoms with Gasteiger partial charge in [0.15, 0.2) is 6.61 Å². The summed E-state index contributed by atoms with van der Waals surface area (Å²) >= 11 is 5.79. The third kappa shape index (κ3) is 7.46. The van der Waals surface area contributed by atoms with Crippen LogP contribution in [0.5, 0.6) is 5.75 Å². The number of nitrogens with one attached hydrogen (secondary N) is 3. The molecular formula is C22H25ClN4O6. The predicted molar refractivity (Wildman–Crippen MR) is 123 cm³/mol. The largest absolute Gasteiger partial charge is 0.484 e. The Kier molecular flexibility index (Phi) is 9.17. The Morgan fingerprint density at radius 2 is 1.79 bits per heavy atom. The Bertz CT molecular complexity index is 1030. The second-order valence-corrected chi connectivity index (χ2v) is 7.78. The van der Waals surface area contributed by atoms with Crippen LogP contribution in [-0.2, 0) is 9.59 Å². The fourth-order valence-electron chi connectivity index (χ4n) is 2.80. The number of benzene rings is 2. The Hall–Kier alpha value is -3.66. The smallest absolute Gasteiger partial charge is 0.288 e. The van der Waals surface area contributed by atoms with Gasteiger partial charge in [0.05, 0.1) is 4.92 Å². The molecule has 0 spiro atoms. The summed E-state index contributed by atoms with van der Waals surface area (Å²) in [4.78, 5) is 47.2. The van der Waals surface area contributed by atoms with Crippen molar-refractivity contribution in [2.75, 3.05) is 18.5 Å². The number of likely N-dealkylation sites (N-methyl/N-ethyl adjacent to an activating group) is 1. The van der Waals surface area contributed by atoms with Gasteiger partial charge in [-0.3, -0.25) is 24.5 Å². The standard InChI is InChI=1S/C22H25ClN4O6/c1-4-24-19(28)12-33-16-8-6-15(7-9-16)25-22(30)20(13(2)3)26-21(29)14-5-10-17(23)18(11-14)27(31)32/h5-11,13,20H,4,12H2,1-3H3,(H,24,28)(H,25,30)(H,26,29). The monoisotopic (exact) mass is 476 g/mol. The van der Waals surface area contributed by atoms with E-state index in [1.807, 2.05) is 6.92 Å². The summed E-state index contributed by atoms with van der Waals surface area (Å²) in [6, 6.07) is 9.18. The zero-order valence-electron chi connectivity index (χ0n) is 18.4. The van der Waals surface area contributed by atoms with Gasteiger partial charge in [-0.15, -0.1) is 0 Å². The molecule has 0 heterocycles. The van der Waals surface area contributed by atoms with Crippen molar-refractivity contribution in [1.29, 1.82) is 0 Å². The molecule has 3 N–H and O–H groups in total. The first-order chi connectivity index (χ1) is 15.6. The number of ether oxygens (including phenoxy) is 1. The maximum Gasteiger partial charge on any atom is 0.288 e. The average Bonchev–Trinajstić information content (AvgIpc) is 2.76. The van der Waals surface area contributed by atoms with Crippen molar-refractivity contribution in [3.8, 4) is 5.75 Å². The maximum absolute atomic E-state index is 12.8. The molecule has 2 aromatic carbocycles. The SMILES string of the molecule is CCNC(=O)COc1ccc(NC(=O)C(NC(=O)c2ccc(Cl)c([N+](=O)[O-])c2)C(C)C)cc1. The average molecular weight is 477 g/mol. The lowest BCUT2D eigenvalue weighted by Crippen LogP contribution is -2.47. The summed E-state index contributed by atoms with van der Waals surface area (Å²) in [5, 5.41) is 18.9. The van der Waals surface area contributed by atoms with Gasteiger partial charge in [-0.25, -0.2) is 0 Å². The maximum atomic E-state index is 12.8. The van der Waals surface area contributed by atoms with Crippen LogP contribution in [0, 0.1) is 16.0 Å². The van der Waals surface area contributed by atoms with Crippen LogP contribution in [0.4, 0.5) is 11.4 Å². The van der Waals surface area contributed by atoms with E-state index >= 15 is 0 Å². The fourth-order valence-corrected chi connectivity index (χ4v) is 2.99. The second kappa shape index (κ2) is 11.8. The molecule has 2 rings (SSSR count). The van der Waals surface area contributed by atoms with E-state index in [0.29, 0.717) is 18.0 Å². The van der Waals surface area contributed by atoms with Crippen LogP contribution in [0.15, 0.2) is 42.5 Å². The highest BCUT2D eigenvalue weighted by Crippen LogP contribution is 2.25. The summed E-state index contributed by atoms with van der Waals surface area (Å²) < 4.78 is 5.36. The lowest BCUT2D eigenvalue weighted by molar-refractivity contribution is -0.384. The first-order valence-corrected chi connectivity index (χ1v) is 10.5. The van der Waals surface area contributed by atoms with Crippen molar-refractivity contribution >= 4 is 40.7 Å². The third-order valence-electron chi connectivity index (χ3n) is 4.51. The first kappa shape index (κ1) is 25.6. The molecule has 0 aromatic heterocycles. The number of nitrogens with zero attached hydrogens (tertiary/aromatic N) is 1. The molecule has 0 saturated carbocycles. The summed E-state index contributed by atoms with van der Waals surface area (Å²) in [6.45, 7) is 5.71. The van der Waals surface area contributed by atoms with Gasteiger partial charge in [0.2, 0.25) is 5.91 Å². The zero-order chi connectivity index (χ0) is 24.5. The van der Waals surface area contributed by atoms with Gasteiger partial charge in [0.1, 0.15) is 16.8 Å². The molecule has 0 aliphatic heterocycles. The lowest BCUT2D eigenvalue weighted by Gasteiger charge is -2.22. The zero-order valence-corrected chi connectivity index (χ0v) is 19.1. The van der Waals surface area contributed by atoms with Crippen LogP contribution in [0.3, 0.4) is 0 Å². The van der Waals surface area contributed by atoms with Crippen molar-refractivity contribution in [3.05, 3.63) is 63.2 Å². The molecule has 176 valence electrons. The summed E-state index contributed by atoms with van der Waals surface area (Å²) in [5.74, 6) is -1.15. The minimum atomic E-state index is -0.902. The van der Waals surface area contributed by atoms with Crippen molar-refractivity contribution in [1.82, 2.24) is 10.6 Å². The number of nitro benzene ring substituents is 1. The Labute approximate surface area is 195 Å². The van der Waals surface area contributed by atoms with E-state index < -0.39 is 28.5 Å². The quantitative estimate of drug-likeness (QED) is 0.355. The number of anilines is 1. The highest BCUT2D eigenvalue weighted by Gasteiger charge is 2.26. The molecule has 0 radical (unpaired) electrons. The lowest BCUT2D eigenvalue weighted by atomic mass is 10.0. The van der Waals surface area contributed by atoms with Crippen LogP contribution in [0.2, 0.25) is 5.02 Å². The van der Waals surface area contributed by atoms with Crippen LogP contribution >= 0.6 is 11.6 Å². The topological polar surface area (TPSA) is 140 Å². The van der Waals surface area contributed by atoms with Crippen molar-refractivity contribution in [2.24, 2.45) is 5.92 Å². The molecule has 33 heavy (non-hydrogen) atoms. The van der Waals surface area contributed by atoms with Gasteiger partial charge in [-0.05, 0) is 49.2 Å². The molecule has 1 unspecified atom stereocenters. The highest BCUT2D eigenvalue weighted by atomic mass is 35.5. The Balaban J connectivity index is 2.04. The number of halogens is 1. The first-order valence-electron chi connectivity index (χ1n) is 10.2. The van der Waals surface area contributed by atoms with Crippen molar-refractivity contribution < 1.29 is 24.0 Å². The van der Waals surface area contributed by atoms with Crippen LogP contribution in [0.1, 0.15) is 31.1 Å². The molecule has 11 heteroatoms. The van der Waals surface area contributed by atoms with Gasteiger partial charge in [-0.2, -0.15) is 0 Å². The van der Waals surface area contributed by atoms with Gasteiger partial charge >= 0.3 is 0 Å². The molecule has 0 saturated heterocycles. The van der Waals surface area contributed by atoms with Gasteiger partial charge in [0, 0.05) is 23.9 Å². The van der Waals surface area contributed by atoms with E-state index in [9.17, 15) is 24.5 Å². The van der Waals surface area contributed by atoms with Crippen molar-refractivity contribution in [2.45, 2.75) is 26.8 Å². The minimum Gasteiger partial charge on any atom is -0.484 e. The molecule has 2 aromatic rings. The highest BCUT2D eigenvalue weighted by molar-refractivity contribution is 6.32. The Morgan fingerprint density at radius 3 is 2.36 bits per heavy atom. The normalized spacial score (nSPS) is 11.4. The molecule has 10 nitrogen and oxygen atoms in total. The number of carbonyl (C=O) groups is 3.